The molecule has 3 aromatic carbocycles. The van der Waals surface area contributed by atoms with Crippen molar-refractivity contribution in [3.8, 4) is 0 Å². The number of carbonyl (C=O) groups excluding carboxylic acids is 1. The van der Waals surface area contributed by atoms with Crippen molar-refractivity contribution in [3.05, 3.63) is 83.9 Å². The van der Waals surface area contributed by atoms with Gasteiger partial charge in [0, 0.05) is 10.6 Å². The average molecular weight is 438 g/mol. The Morgan fingerprint density at radius 1 is 0.833 bits per heavy atom. The molecule has 0 aliphatic rings. The molecule has 0 unspecified atom stereocenters. The first-order valence-electron chi connectivity index (χ1n) is 8.62. The maximum absolute atomic E-state index is 12.8. The molecule has 0 aromatic heterocycles. The van der Waals surface area contributed by atoms with Gasteiger partial charge in [-0.1, -0.05) is 36.0 Å². The number of thioether (sulfide) groups is 1. The quantitative estimate of drug-likeness (QED) is 0.321. The molecule has 0 heterocycles. The predicted octanol–water partition coefficient (Wildman–Crippen LogP) is 7.02. The van der Waals surface area contributed by atoms with Crippen LogP contribution in [0.4, 0.5) is 39.0 Å². The first-order chi connectivity index (χ1) is 14.2. The zero-order valence-corrected chi connectivity index (χ0v) is 16.0. The highest BCUT2D eigenvalue weighted by molar-refractivity contribution is 7.99. The molecule has 0 aliphatic heterocycles. The first kappa shape index (κ1) is 21.6. The number of alkyl halides is 5. The number of benzene rings is 3. The van der Waals surface area contributed by atoms with Crippen molar-refractivity contribution >= 4 is 34.7 Å². The van der Waals surface area contributed by atoms with Gasteiger partial charge in [-0.15, -0.1) is 0 Å². The van der Waals surface area contributed by atoms with E-state index >= 15 is 0 Å². The number of para-hydroxylation sites is 2. The highest BCUT2D eigenvalue weighted by Gasteiger charge is 2.30. The number of hydrogen-bond donors (Lipinski definition) is 2. The van der Waals surface area contributed by atoms with Crippen LogP contribution < -0.4 is 10.6 Å². The molecule has 3 nitrogen and oxygen atoms in total. The summed E-state index contributed by atoms with van der Waals surface area (Å²) < 4.78 is 63.6. The molecule has 0 saturated carbocycles. The fraction of sp³-hybridized carbons (Fsp3) is 0.0952. The van der Waals surface area contributed by atoms with Crippen LogP contribution >= 0.6 is 11.8 Å². The zero-order valence-electron chi connectivity index (χ0n) is 15.2. The van der Waals surface area contributed by atoms with Crippen molar-refractivity contribution in [2.45, 2.75) is 16.8 Å². The van der Waals surface area contributed by atoms with Gasteiger partial charge in [0.2, 0.25) is 0 Å². The second-order valence-corrected chi connectivity index (χ2v) is 7.11. The summed E-state index contributed by atoms with van der Waals surface area (Å²) in [7, 11) is 0. The largest absolute Gasteiger partial charge is 0.416 e. The Morgan fingerprint density at radius 3 is 2.07 bits per heavy atom. The Balaban J connectivity index is 1.81. The van der Waals surface area contributed by atoms with Gasteiger partial charge in [-0.25, -0.2) is 0 Å². The summed E-state index contributed by atoms with van der Waals surface area (Å²) in [5, 5.41) is 5.52. The van der Waals surface area contributed by atoms with Crippen molar-refractivity contribution in [2.75, 3.05) is 10.6 Å². The van der Waals surface area contributed by atoms with Crippen LogP contribution in [-0.4, -0.2) is 11.7 Å². The lowest BCUT2D eigenvalue weighted by atomic mass is 10.1. The van der Waals surface area contributed by atoms with Gasteiger partial charge in [0.05, 0.1) is 22.5 Å². The maximum atomic E-state index is 12.8. The molecule has 0 saturated heterocycles. The number of rotatable bonds is 6. The van der Waals surface area contributed by atoms with Gasteiger partial charge in [-0.3, -0.25) is 4.79 Å². The SMILES string of the molecule is O=C(Nc1ccc(C(F)(F)F)cc1)c1ccccc1Nc1ccccc1SC(F)F. The Bertz CT molecular complexity index is 1020. The average Bonchev–Trinajstić information content (AvgIpc) is 2.69. The molecular formula is C21H15F5N2OS. The van der Waals surface area contributed by atoms with Crippen molar-refractivity contribution < 1.29 is 26.7 Å². The highest BCUT2D eigenvalue weighted by Crippen LogP contribution is 2.34. The van der Waals surface area contributed by atoms with Crippen molar-refractivity contribution in [2.24, 2.45) is 0 Å². The molecule has 0 aliphatic carbocycles. The van der Waals surface area contributed by atoms with Gasteiger partial charge < -0.3 is 10.6 Å². The van der Waals surface area contributed by atoms with E-state index in [1.807, 2.05) is 0 Å². The summed E-state index contributed by atoms with van der Waals surface area (Å²) >= 11 is 0.376. The predicted molar refractivity (Wildman–Crippen MR) is 107 cm³/mol. The van der Waals surface area contributed by atoms with Crippen LogP contribution in [0.15, 0.2) is 77.7 Å². The van der Waals surface area contributed by atoms with Gasteiger partial charge >= 0.3 is 6.18 Å². The van der Waals surface area contributed by atoms with Crippen LogP contribution in [0.3, 0.4) is 0 Å². The highest BCUT2D eigenvalue weighted by atomic mass is 32.2. The summed E-state index contributed by atoms with van der Waals surface area (Å²) in [5.41, 5.74) is 0.336. The van der Waals surface area contributed by atoms with E-state index in [1.165, 1.54) is 12.1 Å². The van der Waals surface area contributed by atoms with Crippen LogP contribution in [0.25, 0.3) is 0 Å². The van der Waals surface area contributed by atoms with Gasteiger partial charge in [0.15, 0.2) is 0 Å². The van der Waals surface area contributed by atoms with E-state index in [-0.39, 0.29) is 11.3 Å². The molecule has 0 atom stereocenters. The monoisotopic (exact) mass is 438 g/mol. The van der Waals surface area contributed by atoms with Crippen molar-refractivity contribution in [1.82, 2.24) is 0 Å². The van der Waals surface area contributed by atoms with Crippen molar-refractivity contribution in [1.29, 1.82) is 0 Å². The summed E-state index contributed by atoms with van der Waals surface area (Å²) in [6.07, 6.45) is -4.47. The van der Waals surface area contributed by atoms with E-state index in [0.29, 0.717) is 28.0 Å². The lowest BCUT2D eigenvalue weighted by Gasteiger charge is -2.15. The number of anilines is 3. The van der Waals surface area contributed by atoms with Crippen molar-refractivity contribution in [3.63, 3.8) is 0 Å². The Morgan fingerprint density at radius 2 is 1.43 bits per heavy atom. The number of halogens is 5. The Labute approximate surface area is 173 Å². The summed E-state index contributed by atoms with van der Waals surface area (Å²) in [6, 6.07) is 16.9. The molecule has 156 valence electrons. The molecule has 3 aromatic rings. The minimum Gasteiger partial charge on any atom is -0.354 e. The van der Waals surface area contributed by atoms with Crippen LogP contribution in [0, 0.1) is 0 Å². The first-order valence-corrected chi connectivity index (χ1v) is 9.50. The molecule has 3 rings (SSSR count). The van der Waals surface area contributed by atoms with E-state index in [9.17, 15) is 26.7 Å². The topological polar surface area (TPSA) is 41.1 Å². The number of amides is 1. The molecule has 0 bridgehead atoms. The summed E-state index contributed by atoms with van der Waals surface area (Å²) in [4.78, 5) is 13.0. The third-order valence-corrected chi connectivity index (χ3v) is 4.80. The smallest absolute Gasteiger partial charge is 0.354 e. The Kier molecular flexibility index (Phi) is 6.61. The summed E-state index contributed by atoms with van der Waals surface area (Å²) in [5.74, 6) is -3.16. The third-order valence-electron chi connectivity index (χ3n) is 4.01. The minimum absolute atomic E-state index is 0.191. The molecule has 30 heavy (non-hydrogen) atoms. The number of carbonyl (C=O) groups is 1. The molecule has 9 heteroatoms. The minimum atomic E-state index is -4.47. The molecule has 1 amide bonds. The number of hydrogen-bond acceptors (Lipinski definition) is 3. The maximum Gasteiger partial charge on any atom is 0.416 e. The second-order valence-electron chi connectivity index (χ2n) is 6.07. The van der Waals surface area contributed by atoms with Gasteiger partial charge in [-0.05, 0) is 48.5 Å². The standard InChI is InChI=1S/C21H15F5N2OS/c22-20(23)30-18-8-4-3-7-17(18)28-16-6-2-1-5-15(16)19(29)27-14-11-9-13(10-12-14)21(24,25)26/h1-12,20,28H,(H,27,29). The number of nitrogens with one attached hydrogen (secondary N) is 2. The lowest BCUT2D eigenvalue weighted by molar-refractivity contribution is -0.137. The zero-order chi connectivity index (χ0) is 21.7. The van der Waals surface area contributed by atoms with Crippen LogP contribution in [0.2, 0.25) is 0 Å². The Hall–Kier alpha value is -3.07. The van der Waals surface area contributed by atoms with Crippen LogP contribution in [0.5, 0.6) is 0 Å². The lowest BCUT2D eigenvalue weighted by Crippen LogP contribution is -2.14. The molecule has 0 fully saturated rings. The van der Waals surface area contributed by atoms with Crippen LogP contribution in [0.1, 0.15) is 15.9 Å². The second kappa shape index (κ2) is 9.17. The van der Waals surface area contributed by atoms with Crippen LogP contribution in [-0.2, 0) is 6.18 Å². The molecular weight excluding hydrogens is 423 g/mol. The van der Waals surface area contributed by atoms with E-state index in [4.69, 9.17) is 0 Å². The fourth-order valence-corrected chi connectivity index (χ4v) is 3.24. The van der Waals surface area contributed by atoms with E-state index in [1.54, 1.807) is 36.4 Å². The third kappa shape index (κ3) is 5.50. The van der Waals surface area contributed by atoms with Gasteiger partial charge in [0.1, 0.15) is 0 Å². The van der Waals surface area contributed by atoms with E-state index in [2.05, 4.69) is 10.6 Å². The van der Waals surface area contributed by atoms with Gasteiger partial charge in [0.25, 0.3) is 11.7 Å². The molecule has 0 radical (unpaired) electrons. The molecule has 0 spiro atoms. The molecule has 2 N–H and O–H groups in total. The van der Waals surface area contributed by atoms with Gasteiger partial charge in [-0.2, -0.15) is 22.0 Å². The normalized spacial score (nSPS) is 11.4. The fourth-order valence-electron chi connectivity index (χ4n) is 2.64. The summed E-state index contributed by atoms with van der Waals surface area (Å²) in [6.45, 7) is 0. The van der Waals surface area contributed by atoms with E-state index < -0.39 is 23.4 Å². The van der Waals surface area contributed by atoms with E-state index in [0.717, 1.165) is 24.3 Å².